The van der Waals surface area contributed by atoms with Crippen LogP contribution in [0.15, 0.2) is 18.2 Å². The number of halogens is 1. The lowest BCUT2D eigenvalue weighted by atomic mass is 9.86. The van der Waals surface area contributed by atoms with E-state index in [4.69, 9.17) is 9.47 Å². The summed E-state index contributed by atoms with van der Waals surface area (Å²) in [5, 5.41) is 0.800. The van der Waals surface area contributed by atoms with E-state index in [1.165, 1.54) is 19.3 Å². The molecule has 1 aliphatic carbocycles. The van der Waals surface area contributed by atoms with Gasteiger partial charge in [0.15, 0.2) is 11.5 Å². The molecule has 0 radical (unpaired) electrons. The van der Waals surface area contributed by atoms with Gasteiger partial charge in [-0.3, -0.25) is 0 Å². The SMILES string of the molecule is CCOc1cccc(CBr)c1OCC1CCC1. The van der Waals surface area contributed by atoms with Gasteiger partial charge >= 0.3 is 0 Å². The normalized spacial score (nSPS) is 15.4. The summed E-state index contributed by atoms with van der Waals surface area (Å²) < 4.78 is 11.6. The molecule has 0 saturated heterocycles. The molecule has 0 N–H and O–H groups in total. The summed E-state index contributed by atoms with van der Waals surface area (Å²) in [6.45, 7) is 3.49. The maximum absolute atomic E-state index is 5.96. The van der Waals surface area contributed by atoms with Crippen LogP contribution in [0.1, 0.15) is 31.7 Å². The molecular weight excluding hydrogens is 280 g/mol. The lowest BCUT2D eigenvalue weighted by molar-refractivity contribution is 0.173. The fourth-order valence-corrected chi connectivity index (χ4v) is 2.40. The molecule has 17 heavy (non-hydrogen) atoms. The largest absolute Gasteiger partial charge is 0.490 e. The van der Waals surface area contributed by atoms with Gasteiger partial charge in [0.25, 0.3) is 0 Å². The summed E-state index contributed by atoms with van der Waals surface area (Å²) >= 11 is 3.50. The van der Waals surface area contributed by atoms with Gasteiger partial charge in [0.1, 0.15) is 0 Å². The van der Waals surface area contributed by atoms with E-state index in [2.05, 4.69) is 22.0 Å². The molecule has 0 spiro atoms. The molecule has 3 heteroatoms. The van der Waals surface area contributed by atoms with Crippen LogP contribution < -0.4 is 9.47 Å². The maximum Gasteiger partial charge on any atom is 0.165 e. The zero-order valence-corrected chi connectivity index (χ0v) is 11.8. The van der Waals surface area contributed by atoms with Crippen LogP contribution in [0.2, 0.25) is 0 Å². The van der Waals surface area contributed by atoms with Crippen molar-refractivity contribution in [2.24, 2.45) is 5.92 Å². The minimum Gasteiger partial charge on any atom is -0.490 e. The van der Waals surface area contributed by atoms with Crippen molar-refractivity contribution in [3.8, 4) is 11.5 Å². The lowest BCUT2D eigenvalue weighted by Gasteiger charge is -2.26. The van der Waals surface area contributed by atoms with Gasteiger partial charge in [0.05, 0.1) is 13.2 Å². The highest BCUT2D eigenvalue weighted by atomic mass is 79.9. The summed E-state index contributed by atoms with van der Waals surface area (Å²) in [6, 6.07) is 6.07. The van der Waals surface area contributed by atoms with Crippen LogP contribution in [-0.2, 0) is 5.33 Å². The number of para-hydroxylation sites is 1. The highest BCUT2D eigenvalue weighted by molar-refractivity contribution is 9.08. The first kappa shape index (κ1) is 12.7. The van der Waals surface area contributed by atoms with Crippen LogP contribution in [0.25, 0.3) is 0 Å². The number of hydrogen-bond donors (Lipinski definition) is 0. The minimum absolute atomic E-state index is 0.672. The zero-order valence-electron chi connectivity index (χ0n) is 10.2. The van der Waals surface area contributed by atoms with E-state index in [9.17, 15) is 0 Å². The van der Waals surface area contributed by atoms with Gasteiger partial charge in [-0.05, 0) is 31.7 Å². The Bertz CT molecular complexity index is 361. The molecule has 0 unspecified atom stereocenters. The van der Waals surface area contributed by atoms with Gasteiger partial charge < -0.3 is 9.47 Å². The first-order valence-corrected chi connectivity index (χ1v) is 7.40. The Balaban J connectivity index is 2.08. The molecule has 0 amide bonds. The van der Waals surface area contributed by atoms with Crippen molar-refractivity contribution in [1.82, 2.24) is 0 Å². The van der Waals surface area contributed by atoms with Crippen molar-refractivity contribution in [2.75, 3.05) is 13.2 Å². The van der Waals surface area contributed by atoms with Crippen molar-refractivity contribution in [3.63, 3.8) is 0 Å². The van der Waals surface area contributed by atoms with Crippen LogP contribution >= 0.6 is 15.9 Å². The lowest BCUT2D eigenvalue weighted by Crippen LogP contribution is -2.19. The van der Waals surface area contributed by atoms with Gasteiger partial charge in [0, 0.05) is 10.9 Å². The molecule has 1 aromatic rings. The number of hydrogen-bond acceptors (Lipinski definition) is 2. The van der Waals surface area contributed by atoms with E-state index in [1.807, 2.05) is 19.1 Å². The first-order chi connectivity index (χ1) is 8.35. The molecule has 1 fully saturated rings. The standard InChI is InChI=1S/C14H19BrO2/c1-2-16-13-8-4-7-12(9-15)14(13)17-10-11-5-3-6-11/h4,7-8,11H,2-3,5-6,9-10H2,1H3. The quantitative estimate of drug-likeness (QED) is 0.734. The van der Waals surface area contributed by atoms with Crippen molar-refractivity contribution < 1.29 is 9.47 Å². The number of benzene rings is 1. The molecule has 0 bridgehead atoms. The van der Waals surface area contributed by atoms with Gasteiger partial charge in [-0.1, -0.05) is 34.5 Å². The highest BCUT2D eigenvalue weighted by Crippen LogP contribution is 2.35. The van der Waals surface area contributed by atoms with Crippen molar-refractivity contribution >= 4 is 15.9 Å². The second-order valence-corrected chi connectivity index (χ2v) is 4.98. The monoisotopic (exact) mass is 298 g/mol. The van der Waals surface area contributed by atoms with E-state index in [1.54, 1.807) is 0 Å². The Hall–Kier alpha value is -0.700. The third-order valence-electron chi connectivity index (χ3n) is 3.19. The highest BCUT2D eigenvalue weighted by Gasteiger charge is 2.19. The van der Waals surface area contributed by atoms with Crippen LogP contribution in [0.3, 0.4) is 0 Å². The van der Waals surface area contributed by atoms with Crippen LogP contribution in [0, 0.1) is 5.92 Å². The Morgan fingerprint density at radius 3 is 2.71 bits per heavy atom. The average Bonchev–Trinajstić information content (AvgIpc) is 2.29. The fraction of sp³-hybridized carbons (Fsp3) is 0.571. The Morgan fingerprint density at radius 1 is 1.29 bits per heavy atom. The number of ether oxygens (including phenoxy) is 2. The van der Waals surface area contributed by atoms with Gasteiger partial charge in [-0.15, -0.1) is 0 Å². The van der Waals surface area contributed by atoms with E-state index in [0.717, 1.165) is 34.9 Å². The molecule has 94 valence electrons. The fourth-order valence-electron chi connectivity index (χ4n) is 1.96. The van der Waals surface area contributed by atoms with Crippen molar-refractivity contribution in [1.29, 1.82) is 0 Å². The molecule has 0 aliphatic heterocycles. The molecule has 1 aromatic carbocycles. The smallest absolute Gasteiger partial charge is 0.165 e. The number of rotatable bonds is 6. The van der Waals surface area contributed by atoms with E-state index < -0.39 is 0 Å². The topological polar surface area (TPSA) is 18.5 Å². The zero-order chi connectivity index (χ0) is 12.1. The summed E-state index contributed by atoms with van der Waals surface area (Å²) in [7, 11) is 0. The molecule has 2 nitrogen and oxygen atoms in total. The van der Waals surface area contributed by atoms with Gasteiger partial charge in [0.2, 0.25) is 0 Å². The van der Waals surface area contributed by atoms with E-state index in [-0.39, 0.29) is 0 Å². The maximum atomic E-state index is 5.96. The molecule has 1 saturated carbocycles. The first-order valence-electron chi connectivity index (χ1n) is 6.28. The van der Waals surface area contributed by atoms with E-state index in [0.29, 0.717) is 6.61 Å². The predicted octanol–water partition coefficient (Wildman–Crippen LogP) is 4.16. The summed E-state index contributed by atoms with van der Waals surface area (Å²) in [5.41, 5.74) is 1.16. The molecule has 0 aromatic heterocycles. The Kier molecular flexibility index (Phi) is 4.72. The summed E-state index contributed by atoms with van der Waals surface area (Å²) in [6.07, 6.45) is 3.97. The van der Waals surface area contributed by atoms with Crippen molar-refractivity contribution in [3.05, 3.63) is 23.8 Å². The molecular formula is C14H19BrO2. The summed E-state index contributed by atoms with van der Waals surface area (Å²) in [5.74, 6) is 2.52. The van der Waals surface area contributed by atoms with Crippen LogP contribution in [0.5, 0.6) is 11.5 Å². The molecule has 0 atom stereocenters. The molecule has 0 heterocycles. The van der Waals surface area contributed by atoms with Gasteiger partial charge in [-0.2, -0.15) is 0 Å². The third kappa shape index (κ3) is 3.15. The third-order valence-corrected chi connectivity index (χ3v) is 3.80. The summed E-state index contributed by atoms with van der Waals surface area (Å²) in [4.78, 5) is 0. The predicted molar refractivity (Wildman–Crippen MR) is 73.1 cm³/mol. The second-order valence-electron chi connectivity index (χ2n) is 4.42. The van der Waals surface area contributed by atoms with Crippen molar-refractivity contribution in [2.45, 2.75) is 31.5 Å². The van der Waals surface area contributed by atoms with Gasteiger partial charge in [-0.25, -0.2) is 0 Å². The second kappa shape index (κ2) is 6.29. The minimum atomic E-state index is 0.672. The van der Waals surface area contributed by atoms with Crippen LogP contribution in [0.4, 0.5) is 0 Å². The Morgan fingerprint density at radius 2 is 2.12 bits per heavy atom. The van der Waals surface area contributed by atoms with E-state index >= 15 is 0 Å². The van der Waals surface area contributed by atoms with Crippen LogP contribution in [-0.4, -0.2) is 13.2 Å². The molecule has 2 rings (SSSR count). The number of alkyl halides is 1. The molecule has 1 aliphatic rings. The Labute approximate surface area is 111 Å². The average molecular weight is 299 g/mol.